The van der Waals surface area contributed by atoms with E-state index in [0.29, 0.717) is 23.4 Å². The molecule has 124 valence electrons. The van der Waals surface area contributed by atoms with Crippen molar-refractivity contribution in [1.29, 1.82) is 0 Å². The van der Waals surface area contributed by atoms with E-state index in [2.05, 4.69) is 4.99 Å². The quantitative estimate of drug-likeness (QED) is 0.843. The maximum Gasteiger partial charge on any atom is 0.247 e. The topological polar surface area (TPSA) is 51.4 Å². The summed E-state index contributed by atoms with van der Waals surface area (Å²) in [6.45, 7) is 10.0. The van der Waals surface area contributed by atoms with Crippen LogP contribution in [0.4, 0.5) is 0 Å². The fourth-order valence-electron chi connectivity index (χ4n) is 2.39. The summed E-state index contributed by atoms with van der Waals surface area (Å²) >= 11 is 1.27. The molecular formula is C18H24N2O2S. The molecule has 1 aromatic heterocycles. The molecule has 0 aliphatic rings. The lowest BCUT2D eigenvalue weighted by Gasteiger charge is -2.05. The highest BCUT2D eigenvalue weighted by molar-refractivity contribution is 7.06. The van der Waals surface area contributed by atoms with Crippen LogP contribution in [0.1, 0.15) is 50.9 Å². The first-order valence-corrected chi connectivity index (χ1v) is 8.78. The van der Waals surface area contributed by atoms with Crippen molar-refractivity contribution in [3.63, 3.8) is 0 Å². The molecule has 0 unspecified atom stereocenters. The van der Waals surface area contributed by atoms with E-state index in [4.69, 9.17) is 0 Å². The van der Waals surface area contributed by atoms with Gasteiger partial charge in [0.2, 0.25) is 11.8 Å². The third-order valence-electron chi connectivity index (χ3n) is 3.40. The van der Waals surface area contributed by atoms with Gasteiger partial charge in [-0.05, 0) is 42.4 Å². The van der Waals surface area contributed by atoms with Crippen molar-refractivity contribution in [3.05, 3.63) is 28.4 Å². The second kappa shape index (κ2) is 7.21. The van der Waals surface area contributed by atoms with Crippen LogP contribution in [0.5, 0.6) is 0 Å². The molecule has 2 rings (SSSR count). The minimum absolute atomic E-state index is 0.0524. The predicted octanol–water partition coefficient (Wildman–Crippen LogP) is 4.17. The van der Waals surface area contributed by atoms with Crippen molar-refractivity contribution in [2.75, 3.05) is 0 Å². The maximum atomic E-state index is 12.5. The number of fused-ring (bicyclic) bond motifs is 1. The third-order valence-corrected chi connectivity index (χ3v) is 4.46. The van der Waals surface area contributed by atoms with Crippen molar-refractivity contribution < 1.29 is 9.59 Å². The van der Waals surface area contributed by atoms with E-state index in [1.54, 1.807) is 3.96 Å². The number of rotatable bonds is 4. The first-order chi connectivity index (χ1) is 10.8. The van der Waals surface area contributed by atoms with Crippen LogP contribution < -0.4 is 4.67 Å². The molecule has 0 saturated heterocycles. The Morgan fingerprint density at radius 1 is 1.13 bits per heavy atom. The number of hydrogen-bond donors (Lipinski definition) is 0. The zero-order valence-electron chi connectivity index (χ0n) is 14.4. The number of hydrogen-bond acceptors (Lipinski definition) is 3. The van der Waals surface area contributed by atoms with Crippen LogP contribution in [0.15, 0.2) is 23.2 Å². The van der Waals surface area contributed by atoms with Gasteiger partial charge in [0, 0.05) is 18.2 Å². The van der Waals surface area contributed by atoms with Crippen molar-refractivity contribution in [3.8, 4) is 0 Å². The predicted molar refractivity (Wildman–Crippen MR) is 94.7 cm³/mol. The molecule has 0 N–H and O–H groups in total. The largest absolute Gasteiger partial charge is 0.273 e. The van der Waals surface area contributed by atoms with Gasteiger partial charge in [-0.3, -0.25) is 9.59 Å². The van der Waals surface area contributed by atoms with Gasteiger partial charge in [-0.25, -0.2) is 8.95 Å². The van der Waals surface area contributed by atoms with Gasteiger partial charge in [-0.15, -0.1) is 0 Å². The highest BCUT2D eigenvalue weighted by Crippen LogP contribution is 2.18. The molecule has 0 atom stereocenters. The molecule has 0 fully saturated rings. The summed E-state index contributed by atoms with van der Waals surface area (Å²) < 4.78 is 2.31. The Hall–Kier alpha value is -1.75. The van der Waals surface area contributed by atoms with Gasteiger partial charge in [-0.2, -0.15) is 0 Å². The highest BCUT2D eigenvalue weighted by atomic mass is 32.1. The fraction of sp³-hybridized carbons (Fsp3) is 0.500. The molecule has 2 aromatic rings. The van der Waals surface area contributed by atoms with E-state index in [1.165, 1.54) is 11.5 Å². The fourth-order valence-corrected chi connectivity index (χ4v) is 3.40. The standard InChI is InChI=1S/C18H24N2O2S/c1-11(2)8-16(21)19-18-14-10-13(5)6-7-15(14)20(23-18)17(22)9-12(3)4/h6-7,10-12H,8-9H2,1-5H3. The van der Waals surface area contributed by atoms with Crippen molar-refractivity contribution in [1.82, 2.24) is 3.96 Å². The van der Waals surface area contributed by atoms with E-state index in [1.807, 2.05) is 52.8 Å². The zero-order chi connectivity index (χ0) is 17.1. The number of nitrogens with zero attached hydrogens (tertiary/aromatic N) is 2. The van der Waals surface area contributed by atoms with E-state index >= 15 is 0 Å². The van der Waals surface area contributed by atoms with Gasteiger partial charge in [0.15, 0.2) is 0 Å². The summed E-state index contributed by atoms with van der Waals surface area (Å²) in [6.07, 6.45) is 0.901. The van der Waals surface area contributed by atoms with Crippen molar-refractivity contribution >= 4 is 34.2 Å². The second-order valence-corrected chi connectivity index (χ2v) is 7.74. The average Bonchev–Trinajstić information content (AvgIpc) is 2.75. The molecule has 0 spiro atoms. The minimum Gasteiger partial charge on any atom is -0.273 e. The Morgan fingerprint density at radius 2 is 1.78 bits per heavy atom. The summed E-state index contributed by atoms with van der Waals surface area (Å²) in [6, 6.07) is 5.91. The Kier molecular flexibility index (Phi) is 5.52. The van der Waals surface area contributed by atoms with E-state index in [9.17, 15) is 9.59 Å². The van der Waals surface area contributed by atoms with Crippen LogP contribution in [0.25, 0.3) is 10.9 Å². The molecule has 5 heteroatoms. The molecule has 1 heterocycles. The van der Waals surface area contributed by atoms with Crippen LogP contribution in [0.3, 0.4) is 0 Å². The summed E-state index contributed by atoms with van der Waals surface area (Å²) in [7, 11) is 0. The summed E-state index contributed by atoms with van der Waals surface area (Å²) in [5.41, 5.74) is 1.92. The summed E-state index contributed by atoms with van der Waals surface area (Å²) in [5, 5.41) is 0.879. The van der Waals surface area contributed by atoms with Crippen LogP contribution in [-0.2, 0) is 4.79 Å². The molecule has 0 radical (unpaired) electrons. The normalized spacial score (nSPS) is 12.6. The lowest BCUT2D eigenvalue weighted by atomic mass is 10.1. The van der Waals surface area contributed by atoms with Gasteiger partial charge < -0.3 is 0 Å². The van der Waals surface area contributed by atoms with Crippen molar-refractivity contribution in [2.45, 2.75) is 47.5 Å². The molecule has 0 aliphatic heterocycles. The van der Waals surface area contributed by atoms with E-state index < -0.39 is 0 Å². The first kappa shape index (κ1) is 17.6. The summed E-state index contributed by atoms with van der Waals surface area (Å²) in [4.78, 5) is 28.8. The monoisotopic (exact) mass is 332 g/mol. The lowest BCUT2D eigenvalue weighted by Crippen LogP contribution is -2.10. The molecular weight excluding hydrogens is 308 g/mol. The SMILES string of the molecule is Cc1ccc2c(c1)c(=NC(=O)CC(C)C)sn2C(=O)CC(C)C. The zero-order valence-corrected chi connectivity index (χ0v) is 15.2. The first-order valence-electron chi connectivity index (χ1n) is 8.01. The molecule has 4 nitrogen and oxygen atoms in total. The number of carbonyl (C=O) groups is 2. The smallest absolute Gasteiger partial charge is 0.247 e. The molecule has 0 bridgehead atoms. The van der Waals surface area contributed by atoms with Crippen LogP contribution in [0.2, 0.25) is 0 Å². The van der Waals surface area contributed by atoms with Gasteiger partial charge in [0.25, 0.3) is 0 Å². The Bertz CT molecular complexity index is 797. The second-order valence-electron chi connectivity index (χ2n) is 6.81. The summed E-state index contributed by atoms with van der Waals surface area (Å²) in [5.74, 6) is 0.485. The lowest BCUT2D eigenvalue weighted by molar-refractivity contribution is -0.118. The molecule has 23 heavy (non-hydrogen) atoms. The van der Waals surface area contributed by atoms with Gasteiger partial charge in [-0.1, -0.05) is 39.3 Å². The number of aryl methyl sites for hydroxylation is 1. The molecule has 0 saturated carbocycles. The average molecular weight is 332 g/mol. The molecule has 0 aliphatic carbocycles. The van der Waals surface area contributed by atoms with Crippen LogP contribution in [0, 0.1) is 18.8 Å². The van der Waals surface area contributed by atoms with E-state index in [0.717, 1.165) is 16.5 Å². The minimum atomic E-state index is -0.131. The Balaban J connectivity index is 2.57. The molecule has 1 amide bonds. The number of amides is 1. The molecule has 1 aromatic carbocycles. The van der Waals surface area contributed by atoms with E-state index in [-0.39, 0.29) is 17.7 Å². The Morgan fingerprint density at radius 3 is 2.39 bits per heavy atom. The van der Waals surface area contributed by atoms with Gasteiger partial charge in [0.05, 0.1) is 5.52 Å². The highest BCUT2D eigenvalue weighted by Gasteiger charge is 2.15. The van der Waals surface area contributed by atoms with Crippen molar-refractivity contribution in [2.24, 2.45) is 16.8 Å². The number of carbonyl (C=O) groups excluding carboxylic acids is 2. The number of benzene rings is 1. The number of aromatic nitrogens is 1. The van der Waals surface area contributed by atoms with Gasteiger partial charge in [0.1, 0.15) is 4.67 Å². The third kappa shape index (κ3) is 4.38. The van der Waals surface area contributed by atoms with Crippen LogP contribution in [-0.4, -0.2) is 15.8 Å². The Labute approximate surface area is 141 Å². The van der Waals surface area contributed by atoms with Crippen LogP contribution >= 0.6 is 11.5 Å². The van der Waals surface area contributed by atoms with Gasteiger partial charge >= 0.3 is 0 Å². The maximum absolute atomic E-state index is 12.5.